The van der Waals surface area contributed by atoms with Crippen molar-refractivity contribution in [3.8, 4) is 0 Å². The van der Waals surface area contributed by atoms with Crippen molar-refractivity contribution < 1.29 is 18.1 Å². The normalized spacial score (nSPS) is 22.9. The highest BCUT2D eigenvalue weighted by molar-refractivity contribution is 5.55. The van der Waals surface area contributed by atoms with E-state index in [1.54, 1.807) is 19.1 Å². The molecule has 1 saturated carbocycles. The van der Waals surface area contributed by atoms with Crippen molar-refractivity contribution in [2.24, 2.45) is 5.92 Å². The Morgan fingerprint density at radius 2 is 1.95 bits per heavy atom. The highest BCUT2D eigenvalue weighted by Crippen LogP contribution is 2.39. The van der Waals surface area contributed by atoms with Gasteiger partial charge in [0.25, 0.3) is 5.69 Å². The summed E-state index contributed by atoms with van der Waals surface area (Å²) < 4.78 is 39.1. The minimum atomic E-state index is -4.24. The molecule has 116 valence electrons. The Bertz CT molecular complexity index is 531. The first-order valence-corrected chi connectivity index (χ1v) is 6.87. The molecular weight excluding hydrogens is 285 g/mol. The van der Waals surface area contributed by atoms with Crippen LogP contribution in [0.2, 0.25) is 0 Å². The summed E-state index contributed by atoms with van der Waals surface area (Å²) in [5.41, 5.74) is 0.773. The maximum atomic E-state index is 13.0. The number of benzene rings is 1. The second-order valence-electron chi connectivity index (χ2n) is 5.44. The number of hydrogen-bond donors (Lipinski definition) is 1. The maximum absolute atomic E-state index is 13.0. The fraction of sp³-hybridized carbons (Fsp3) is 0.571. The first-order valence-electron chi connectivity index (χ1n) is 6.87. The first-order chi connectivity index (χ1) is 9.79. The van der Waals surface area contributed by atoms with Crippen LogP contribution in [0.4, 0.5) is 24.5 Å². The van der Waals surface area contributed by atoms with E-state index in [0.29, 0.717) is 24.1 Å². The lowest BCUT2D eigenvalue weighted by Crippen LogP contribution is -2.41. The number of nitrogens with one attached hydrogen (secondary N) is 1. The van der Waals surface area contributed by atoms with Crippen molar-refractivity contribution in [3.05, 3.63) is 33.9 Å². The molecule has 0 aliphatic heterocycles. The van der Waals surface area contributed by atoms with Gasteiger partial charge < -0.3 is 5.32 Å². The Kier molecular flexibility index (Phi) is 4.39. The van der Waals surface area contributed by atoms with Gasteiger partial charge in [-0.3, -0.25) is 10.1 Å². The molecule has 2 unspecified atom stereocenters. The molecule has 1 aromatic carbocycles. The van der Waals surface area contributed by atoms with E-state index in [0.717, 1.165) is 6.42 Å². The van der Waals surface area contributed by atoms with E-state index in [1.807, 2.05) is 0 Å². The van der Waals surface area contributed by atoms with Crippen LogP contribution in [0, 0.1) is 23.0 Å². The van der Waals surface area contributed by atoms with E-state index in [9.17, 15) is 23.3 Å². The average molecular weight is 302 g/mol. The molecule has 2 rings (SSSR count). The smallest absolute Gasteiger partial charge is 0.381 e. The van der Waals surface area contributed by atoms with E-state index in [-0.39, 0.29) is 12.1 Å². The van der Waals surface area contributed by atoms with Gasteiger partial charge in [-0.15, -0.1) is 0 Å². The number of nitro benzene ring substituents is 1. The summed E-state index contributed by atoms with van der Waals surface area (Å²) >= 11 is 0. The fourth-order valence-electron chi connectivity index (χ4n) is 2.81. The summed E-state index contributed by atoms with van der Waals surface area (Å²) in [7, 11) is 0. The first kappa shape index (κ1) is 15.6. The van der Waals surface area contributed by atoms with E-state index < -0.39 is 23.1 Å². The van der Waals surface area contributed by atoms with Crippen LogP contribution in [-0.4, -0.2) is 17.1 Å². The van der Waals surface area contributed by atoms with Crippen molar-refractivity contribution in [1.82, 2.24) is 0 Å². The number of anilines is 1. The highest BCUT2D eigenvalue weighted by Gasteiger charge is 2.45. The number of halogens is 3. The van der Waals surface area contributed by atoms with Gasteiger partial charge in [-0.1, -0.05) is 18.9 Å². The van der Waals surface area contributed by atoms with Gasteiger partial charge in [0.1, 0.15) is 0 Å². The van der Waals surface area contributed by atoms with Gasteiger partial charge in [-0.2, -0.15) is 13.2 Å². The van der Waals surface area contributed by atoms with Crippen molar-refractivity contribution in [3.63, 3.8) is 0 Å². The third-order valence-corrected chi connectivity index (χ3v) is 3.94. The van der Waals surface area contributed by atoms with E-state index in [4.69, 9.17) is 0 Å². The molecule has 0 heterocycles. The molecule has 1 N–H and O–H groups in total. The van der Waals surface area contributed by atoms with E-state index in [2.05, 4.69) is 5.32 Å². The van der Waals surface area contributed by atoms with Crippen molar-refractivity contribution >= 4 is 11.4 Å². The molecule has 0 radical (unpaired) electrons. The summed E-state index contributed by atoms with van der Waals surface area (Å²) in [4.78, 5) is 10.4. The minimum Gasteiger partial charge on any atom is -0.381 e. The molecule has 1 fully saturated rings. The fourth-order valence-corrected chi connectivity index (χ4v) is 2.81. The molecular formula is C14H17F3N2O2. The van der Waals surface area contributed by atoms with Gasteiger partial charge in [0.15, 0.2) is 0 Å². The standard InChI is InChI=1S/C14H17F3N2O2/c1-9-6-7-10(8-13(9)19(20)21)18-12-5-3-2-4-11(12)14(15,16)17/h6-8,11-12,18H,2-5H2,1H3. The molecule has 2 atom stereocenters. The van der Waals surface area contributed by atoms with Gasteiger partial charge >= 0.3 is 6.18 Å². The van der Waals surface area contributed by atoms with Gasteiger partial charge in [0.05, 0.1) is 10.8 Å². The Morgan fingerprint density at radius 1 is 1.29 bits per heavy atom. The van der Waals surface area contributed by atoms with Crippen LogP contribution in [-0.2, 0) is 0 Å². The largest absolute Gasteiger partial charge is 0.393 e. The summed E-state index contributed by atoms with van der Waals surface area (Å²) in [5, 5.41) is 13.7. The third-order valence-electron chi connectivity index (χ3n) is 3.94. The lowest BCUT2D eigenvalue weighted by atomic mass is 9.84. The number of nitro groups is 1. The molecule has 1 aliphatic carbocycles. The minimum absolute atomic E-state index is 0.0839. The Hall–Kier alpha value is -1.79. The summed E-state index contributed by atoms with van der Waals surface area (Å²) in [6.45, 7) is 1.60. The highest BCUT2D eigenvalue weighted by atomic mass is 19.4. The number of hydrogen-bond acceptors (Lipinski definition) is 3. The predicted octanol–water partition coefficient (Wildman–Crippen LogP) is 4.44. The lowest BCUT2D eigenvalue weighted by molar-refractivity contribution is -0.385. The van der Waals surface area contributed by atoms with Crippen LogP contribution in [0.5, 0.6) is 0 Å². The molecule has 1 aliphatic rings. The van der Waals surface area contributed by atoms with E-state index >= 15 is 0 Å². The summed E-state index contributed by atoms with van der Waals surface area (Å²) in [6.07, 6.45) is -2.41. The third kappa shape index (κ3) is 3.65. The second kappa shape index (κ2) is 5.91. The molecule has 7 heteroatoms. The SMILES string of the molecule is Cc1ccc(NC2CCCCC2C(F)(F)F)cc1[N+](=O)[O-]. The molecule has 0 amide bonds. The Labute approximate surface area is 120 Å². The number of rotatable bonds is 3. The molecule has 0 saturated heterocycles. The maximum Gasteiger partial charge on any atom is 0.393 e. The Balaban J connectivity index is 2.20. The van der Waals surface area contributed by atoms with Crippen LogP contribution in [0.25, 0.3) is 0 Å². The Morgan fingerprint density at radius 3 is 2.57 bits per heavy atom. The van der Waals surface area contributed by atoms with Crippen molar-refractivity contribution in [2.45, 2.75) is 44.8 Å². The molecule has 0 spiro atoms. The zero-order chi connectivity index (χ0) is 15.6. The predicted molar refractivity (Wildman–Crippen MR) is 73.3 cm³/mol. The van der Waals surface area contributed by atoms with Crippen LogP contribution < -0.4 is 5.32 Å². The second-order valence-corrected chi connectivity index (χ2v) is 5.44. The quantitative estimate of drug-likeness (QED) is 0.663. The summed E-state index contributed by atoms with van der Waals surface area (Å²) in [6, 6.07) is 3.72. The van der Waals surface area contributed by atoms with Crippen LogP contribution in [0.15, 0.2) is 18.2 Å². The summed E-state index contributed by atoms with van der Waals surface area (Å²) in [5.74, 6) is -1.40. The van der Waals surface area contributed by atoms with Crippen molar-refractivity contribution in [1.29, 1.82) is 0 Å². The number of aryl methyl sites for hydroxylation is 1. The van der Waals surface area contributed by atoms with E-state index in [1.165, 1.54) is 6.07 Å². The molecule has 1 aromatic rings. The number of nitrogens with zero attached hydrogens (tertiary/aromatic N) is 1. The topological polar surface area (TPSA) is 55.2 Å². The molecule has 0 aromatic heterocycles. The number of alkyl halides is 3. The van der Waals surface area contributed by atoms with Crippen LogP contribution in [0.1, 0.15) is 31.2 Å². The monoisotopic (exact) mass is 302 g/mol. The van der Waals surface area contributed by atoms with Crippen LogP contribution >= 0.6 is 0 Å². The zero-order valence-electron chi connectivity index (χ0n) is 11.6. The van der Waals surface area contributed by atoms with Gasteiger partial charge in [-0.05, 0) is 25.8 Å². The zero-order valence-corrected chi connectivity index (χ0v) is 11.6. The van der Waals surface area contributed by atoms with Gasteiger partial charge in [0, 0.05) is 23.4 Å². The average Bonchev–Trinajstić information content (AvgIpc) is 2.40. The van der Waals surface area contributed by atoms with Crippen molar-refractivity contribution in [2.75, 3.05) is 5.32 Å². The molecule has 0 bridgehead atoms. The molecule has 4 nitrogen and oxygen atoms in total. The molecule has 21 heavy (non-hydrogen) atoms. The van der Waals surface area contributed by atoms with Gasteiger partial charge in [0.2, 0.25) is 0 Å². The lowest BCUT2D eigenvalue weighted by Gasteiger charge is -2.34. The van der Waals surface area contributed by atoms with Gasteiger partial charge in [-0.25, -0.2) is 0 Å². The van der Waals surface area contributed by atoms with Crippen LogP contribution in [0.3, 0.4) is 0 Å².